The van der Waals surface area contributed by atoms with E-state index in [1.54, 1.807) is 6.92 Å². The number of Topliss-reactive ketones (excluding diaryl/α,β-unsaturated/α-hetero) is 1. The van der Waals surface area contributed by atoms with Gasteiger partial charge in [-0.2, -0.15) is 0 Å². The van der Waals surface area contributed by atoms with Crippen molar-refractivity contribution in [2.75, 3.05) is 0 Å². The quantitative estimate of drug-likeness (QED) is 0.547. The summed E-state index contributed by atoms with van der Waals surface area (Å²) >= 11 is 2.36. The number of carbonyl (C=O) groups excluding carboxylic acids is 1. The monoisotopic (exact) mass is 293 g/mol. The van der Waals surface area contributed by atoms with Crippen LogP contribution in [0.5, 0.6) is 0 Å². The minimum Gasteiger partial charge on any atom is -0.298 e. The third-order valence-corrected chi connectivity index (χ3v) is 4.87. The first-order valence-electron chi connectivity index (χ1n) is 5.14. The highest BCUT2D eigenvalue weighted by atomic mass is 127. The van der Waals surface area contributed by atoms with Gasteiger partial charge in [0.05, 0.1) is 6.04 Å². The van der Waals surface area contributed by atoms with Gasteiger partial charge in [0.15, 0.2) is 0 Å². The van der Waals surface area contributed by atoms with Gasteiger partial charge in [-0.3, -0.25) is 4.79 Å². The topological polar surface area (TPSA) is 20.3 Å². The van der Waals surface area contributed by atoms with Crippen molar-refractivity contribution in [3.05, 3.63) is 0 Å². The van der Waals surface area contributed by atoms with Crippen LogP contribution < -0.4 is 0 Å². The summed E-state index contributed by atoms with van der Waals surface area (Å²) in [5, 5.41) is 0. The van der Waals surface area contributed by atoms with Gasteiger partial charge in [-0.1, -0.05) is 12.8 Å². The second kappa shape index (κ2) is 3.85. The van der Waals surface area contributed by atoms with Gasteiger partial charge in [0.25, 0.3) is 0 Å². The first-order valence-corrected chi connectivity index (χ1v) is 6.11. The van der Waals surface area contributed by atoms with Crippen LogP contribution in [0.1, 0.15) is 39.0 Å². The Morgan fingerprint density at radius 1 is 1.38 bits per heavy atom. The molecule has 1 aliphatic heterocycles. The van der Waals surface area contributed by atoms with Crippen molar-refractivity contribution in [3.8, 4) is 0 Å². The standard InChI is InChI=1S/C10H16INO/c1-7(13)10-6-8-4-2-3-5-9(8)12(10)11/h8-10H,2-6H2,1H3/t8-,9-,10+/m1/s1. The van der Waals surface area contributed by atoms with E-state index in [1.807, 2.05) is 0 Å². The van der Waals surface area contributed by atoms with Crippen LogP contribution in [0.3, 0.4) is 0 Å². The van der Waals surface area contributed by atoms with Gasteiger partial charge in [-0.05, 0) is 32.1 Å². The SMILES string of the molecule is CC(=O)[C@@H]1C[C@H]2CCCC[C@H]2N1I. The van der Waals surface area contributed by atoms with E-state index in [1.165, 1.54) is 25.7 Å². The highest BCUT2D eigenvalue weighted by Crippen LogP contribution is 2.41. The summed E-state index contributed by atoms with van der Waals surface area (Å²) in [5.74, 6) is 1.16. The summed E-state index contributed by atoms with van der Waals surface area (Å²) in [6, 6.07) is 0.914. The summed E-state index contributed by atoms with van der Waals surface area (Å²) in [5.41, 5.74) is 0. The maximum Gasteiger partial charge on any atom is 0.147 e. The Balaban J connectivity index is 2.09. The number of ketones is 1. The molecule has 2 aliphatic rings. The van der Waals surface area contributed by atoms with Crippen LogP contribution >= 0.6 is 22.9 Å². The molecule has 1 saturated carbocycles. The Hall–Kier alpha value is 0.360. The Bertz CT molecular complexity index is 219. The van der Waals surface area contributed by atoms with E-state index < -0.39 is 0 Å². The molecular weight excluding hydrogens is 277 g/mol. The molecule has 0 aromatic carbocycles. The number of halogens is 1. The van der Waals surface area contributed by atoms with E-state index >= 15 is 0 Å². The fourth-order valence-electron chi connectivity index (χ4n) is 2.75. The van der Waals surface area contributed by atoms with Crippen LogP contribution in [0.2, 0.25) is 0 Å². The molecule has 74 valence electrons. The molecule has 2 nitrogen and oxygen atoms in total. The second-order valence-electron chi connectivity index (χ2n) is 4.32. The molecule has 3 atom stereocenters. The van der Waals surface area contributed by atoms with Gasteiger partial charge >= 0.3 is 0 Å². The van der Waals surface area contributed by atoms with Crippen LogP contribution in [0.15, 0.2) is 0 Å². The van der Waals surface area contributed by atoms with Gasteiger partial charge in [-0.15, -0.1) is 0 Å². The largest absolute Gasteiger partial charge is 0.298 e. The molecule has 0 N–H and O–H groups in total. The van der Waals surface area contributed by atoms with Crippen molar-refractivity contribution in [2.45, 2.75) is 51.1 Å². The molecule has 3 heteroatoms. The second-order valence-corrected chi connectivity index (χ2v) is 5.43. The molecule has 1 aliphatic carbocycles. The van der Waals surface area contributed by atoms with Gasteiger partial charge in [0.2, 0.25) is 0 Å². The maximum absolute atomic E-state index is 11.4. The summed E-state index contributed by atoms with van der Waals surface area (Å²) < 4.78 is 2.30. The van der Waals surface area contributed by atoms with Crippen LogP contribution in [0, 0.1) is 5.92 Å². The van der Waals surface area contributed by atoms with Crippen molar-refractivity contribution in [3.63, 3.8) is 0 Å². The lowest BCUT2D eigenvalue weighted by molar-refractivity contribution is -0.119. The normalized spacial score (nSPS) is 40.3. The molecule has 0 amide bonds. The molecule has 13 heavy (non-hydrogen) atoms. The number of rotatable bonds is 1. The number of carbonyl (C=O) groups is 1. The fraction of sp³-hybridized carbons (Fsp3) is 0.900. The van der Waals surface area contributed by atoms with Crippen LogP contribution in [-0.4, -0.2) is 21.0 Å². The van der Waals surface area contributed by atoms with E-state index in [0.717, 1.165) is 12.3 Å². The fourth-order valence-corrected chi connectivity index (χ4v) is 4.10. The molecule has 2 rings (SSSR count). The Morgan fingerprint density at radius 2 is 2.08 bits per heavy atom. The Morgan fingerprint density at radius 3 is 2.69 bits per heavy atom. The molecule has 2 fully saturated rings. The average Bonchev–Trinajstić information content (AvgIpc) is 2.45. The number of hydrogen-bond donors (Lipinski definition) is 0. The summed E-state index contributed by atoms with van der Waals surface area (Å²) in [6.07, 6.45) is 6.48. The Kier molecular flexibility index (Phi) is 2.93. The minimum atomic E-state index is 0.216. The smallest absolute Gasteiger partial charge is 0.147 e. The zero-order chi connectivity index (χ0) is 9.42. The van der Waals surface area contributed by atoms with Gasteiger partial charge in [-0.25, -0.2) is 3.11 Å². The highest BCUT2D eigenvalue weighted by Gasteiger charge is 2.42. The van der Waals surface area contributed by atoms with Crippen LogP contribution in [0.4, 0.5) is 0 Å². The lowest BCUT2D eigenvalue weighted by Gasteiger charge is -2.28. The molecule has 0 bridgehead atoms. The molecule has 0 aromatic rings. The van der Waals surface area contributed by atoms with Crippen molar-refractivity contribution in [2.24, 2.45) is 5.92 Å². The van der Waals surface area contributed by atoms with E-state index in [0.29, 0.717) is 11.8 Å². The lowest BCUT2D eigenvalue weighted by Crippen LogP contribution is -2.33. The predicted molar refractivity (Wildman–Crippen MR) is 60.7 cm³/mol. The third-order valence-electron chi connectivity index (χ3n) is 3.48. The van der Waals surface area contributed by atoms with E-state index in [9.17, 15) is 4.79 Å². The van der Waals surface area contributed by atoms with Crippen molar-refractivity contribution in [1.29, 1.82) is 0 Å². The average molecular weight is 293 g/mol. The first-order chi connectivity index (χ1) is 6.20. The van der Waals surface area contributed by atoms with Crippen LogP contribution in [-0.2, 0) is 4.79 Å². The van der Waals surface area contributed by atoms with E-state index in [4.69, 9.17) is 0 Å². The zero-order valence-corrected chi connectivity index (χ0v) is 10.2. The van der Waals surface area contributed by atoms with Crippen molar-refractivity contribution >= 4 is 28.6 Å². The third kappa shape index (κ3) is 1.77. The molecule has 0 aromatic heterocycles. The molecule has 0 spiro atoms. The molecule has 1 saturated heterocycles. The van der Waals surface area contributed by atoms with Gasteiger partial charge in [0, 0.05) is 28.9 Å². The van der Waals surface area contributed by atoms with Crippen LogP contribution in [0.25, 0.3) is 0 Å². The molecule has 0 radical (unpaired) electrons. The number of hydrogen-bond acceptors (Lipinski definition) is 2. The predicted octanol–water partition coefficient (Wildman–Crippen LogP) is 2.56. The summed E-state index contributed by atoms with van der Waals surface area (Å²) in [4.78, 5) is 11.4. The van der Waals surface area contributed by atoms with E-state index in [-0.39, 0.29) is 6.04 Å². The maximum atomic E-state index is 11.4. The van der Waals surface area contributed by atoms with Crippen molar-refractivity contribution < 1.29 is 4.79 Å². The van der Waals surface area contributed by atoms with E-state index in [2.05, 4.69) is 26.0 Å². The van der Waals surface area contributed by atoms with Gasteiger partial charge in [0.1, 0.15) is 5.78 Å². The van der Waals surface area contributed by atoms with Gasteiger partial charge < -0.3 is 0 Å². The highest BCUT2D eigenvalue weighted by molar-refractivity contribution is 14.1. The number of fused-ring (bicyclic) bond motifs is 1. The summed E-state index contributed by atoms with van der Waals surface area (Å²) in [6.45, 7) is 1.73. The molecule has 1 heterocycles. The lowest BCUT2D eigenvalue weighted by atomic mass is 9.85. The molecule has 0 unspecified atom stereocenters. The molecular formula is C10H16INO. The van der Waals surface area contributed by atoms with Crippen molar-refractivity contribution in [1.82, 2.24) is 3.11 Å². The Labute approximate surface area is 93.6 Å². The zero-order valence-electron chi connectivity index (χ0n) is 8.00. The minimum absolute atomic E-state index is 0.216. The summed E-state index contributed by atoms with van der Waals surface area (Å²) in [7, 11) is 0. The first kappa shape index (κ1) is 9.90. The number of nitrogens with zero attached hydrogens (tertiary/aromatic N) is 1.